The van der Waals surface area contributed by atoms with Crippen molar-refractivity contribution in [1.29, 1.82) is 0 Å². The van der Waals surface area contributed by atoms with E-state index in [0.29, 0.717) is 5.92 Å². The highest BCUT2D eigenvalue weighted by molar-refractivity contribution is 5.83. The molecule has 0 atom stereocenters. The summed E-state index contributed by atoms with van der Waals surface area (Å²) in [7, 11) is 0. The predicted molar refractivity (Wildman–Crippen MR) is 97.0 cm³/mol. The number of nitrogens with zero attached hydrogens (tertiary/aromatic N) is 1. The van der Waals surface area contributed by atoms with Gasteiger partial charge in [0.15, 0.2) is 6.54 Å². The predicted octanol–water partition coefficient (Wildman–Crippen LogP) is 5.20. The van der Waals surface area contributed by atoms with Gasteiger partial charge in [-0.05, 0) is 61.1 Å². The summed E-state index contributed by atoms with van der Waals surface area (Å²) in [4.78, 5) is 0. The van der Waals surface area contributed by atoms with Gasteiger partial charge in [0.2, 0.25) is 11.2 Å². The maximum Gasteiger partial charge on any atom is 0.213 e. The molecular weight excluding hydrogens is 278 g/mol. The molecule has 2 heterocycles. The van der Waals surface area contributed by atoms with E-state index in [9.17, 15) is 0 Å². The van der Waals surface area contributed by atoms with Crippen molar-refractivity contribution >= 4 is 10.9 Å². The first-order chi connectivity index (χ1) is 11.0. The standard InChI is InChI=1S/C22H24N/c1-13(2)17-7-6-8-21-18(17)9-10-22-19-11-14(3)15(4)16(5)20(19)12-23(21)22/h6-11,13H,12H2,1-5H3/q+1. The summed E-state index contributed by atoms with van der Waals surface area (Å²) in [6, 6.07) is 13.7. The van der Waals surface area contributed by atoms with Gasteiger partial charge in [-0.15, -0.1) is 0 Å². The average molecular weight is 302 g/mol. The van der Waals surface area contributed by atoms with Crippen LogP contribution >= 0.6 is 0 Å². The number of pyridine rings is 1. The fourth-order valence-electron chi connectivity index (χ4n) is 4.00. The molecule has 23 heavy (non-hydrogen) atoms. The van der Waals surface area contributed by atoms with Crippen LogP contribution in [-0.4, -0.2) is 0 Å². The maximum atomic E-state index is 2.50. The first kappa shape index (κ1) is 14.4. The van der Waals surface area contributed by atoms with Crippen LogP contribution in [0.15, 0.2) is 36.4 Å². The molecule has 0 amide bonds. The molecule has 0 radical (unpaired) electrons. The number of hydrogen-bond acceptors (Lipinski definition) is 0. The Labute approximate surface area is 138 Å². The smallest absolute Gasteiger partial charge is 0.187 e. The van der Waals surface area contributed by atoms with E-state index in [2.05, 4.69) is 75.6 Å². The van der Waals surface area contributed by atoms with Crippen molar-refractivity contribution < 1.29 is 4.57 Å². The molecule has 4 rings (SSSR count). The van der Waals surface area contributed by atoms with Crippen molar-refractivity contribution in [2.45, 2.75) is 47.1 Å². The van der Waals surface area contributed by atoms with Crippen LogP contribution in [0, 0.1) is 20.8 Å². The van der Waals surface area contributed by atoms with E-state index in [1.54, 1.807) is 0 Å². The molecule has 3 aromatic rings. The van der Waals surface area contributed by atoms with E-state index in [1.807, 2.05) is 0 Å². The van der Waals surface area contributed by atoms with Gasteiger partial charge in [-0.3, -0.25) is 0 Å². The highest BCUT2D eigenvalue weighted by atomic mass is 15.0. The zero-order valence-corrected chi connectivity index (χ0v) is 14.7. The normalized spacial score (nSPS) is 12.8. The van der Waals surface area contributed by atoms with Gasteiger partial charge in [-0.1, -0.05) is 26.0 Å². The molecule has 1 aliphatic rings. The Morgan fingerprint density at radius 3 is 2.48 bits per heavy atom. The van der Waals surface area contributed by atoms with E-state index < -0.39 is 0 Å². The SMILES string of the molecule is Cc1cc2c(c(C)c1C)C[n+]1c-2ccc2c(C(C)C)cccc21. The number of aromatic nitrogens is 1. The van der Waals surface area contributed by atoms with Crippen LogP contribution in [0.5, 0.6) is 0 Å². The summed E-state index contributed by atoms with van der Waals surface area (Å²) in [6.45, 7) is 12.3. The molecule has 1 aliphatic heterocycles. The Kier molecular flexibility index (Phi) is 3.09. The van der Waals surface area contributed by atoms with Gasteiger partial charge < -0.3 is 0 Å². The minimum Gasteiger partial charge on any atom is -0.187 e. The quantitative estimate of drug-likeness (QED) is 0.425. The van der Waals surface area contributed by atoms with Crippen LogP contribution < -0.4 is 4.57 Å². The minimum absolute atomic E-state index is 0.548. The summed E-state index contributed by atoms with van der Waals surface area (Å²) in [6.07, 6.45) is 0. The van der Waals surface area contributed by atoms with Crippen LogP contribution in [-0.2, 0) is 6.54 Å². The fourth-order valence-corrected chi connectivity index (χ4v) is 4.00. The fraction of sp³-hybridized carbons (Fsp3) is 0.318. The lowest BCUT2D eigenvalue weighted by Crippen LogP contribution is -2.33. The van der Waals surface area contributed by atoms with Crippen molar-refractivity contribution in [3.63, 3.8) is 0 Å². The van der Waals surface area contributed by atoms with Gasteiger partial charge in [0.25, 0.3) is 0 Å². The first-order valence-electron chi connectivity index (χ1n) is 8.54. The average Bonchev–Trinajstić information content (AvgIpc) is 2.91. The molecule has 0 aliphatic carbocycles. The van der Waals surface area contributed by atoms with E-state index >= 15 is 0 Å². The third-order valence-corrected chi connectivity index (χ3v) is 5.61. The van der Waals surface area contributed by atoms with Crippen molar-refractivity contribution in [2.75, 3.05) is 0 Å². The number of fused-ring (bicyclic) bond motifs is 5. The number of benzene rings is 2. The number of aryl methyl sites for hydroxylation is 1. The van der Waals surface area contributed by atoms with Gasteiger partial charge in [-0.2, -0.15) is 4.57 Å². The molecule has 1 heteroatoms. The third kappa shape index (κ3) is 1.96. The largest absolute Gasteiger partial charge is 0.213 e. The minimum atomic E-state index is 0.548. The highest BCUT2D eigenvalue weighted by Crippen LogP contribution is 2.35. The second kappa shape index (κ2) is 4.92. The van der Waals surface area contributed by atoms with Crippen LogP contribution in [0.1, 0.15) is 47.6 Å². The molecule has 0 N–H and O–H groups in total. The van der Waals surface area contributed by atoms with Crippen molar-refractivity contribution in [1.82, 2.24) is 0 Å². The topological polar surface area (TPSA) is 3.88 Å². The molecule has 0 saturated carbocycles. The second-order valence-corrected chi connectivity index (χ2v) is 7.21. The number of rotatable bonds is 1. The molecule has 116 valence electrons. The summed E-state index contributed by atoms with van der Waals surface area (Å²) in [5, 5.41) is 1.39. The Balaban J connectivity index is 2.03. The molecule has 1 nitrogen and oxygen atoms in total. The van der Waals surface area contributed by atoms with Crippen molar-refractivity contribution in [3.05, 3.63) is 64.2 Å². The summed E-state index contributed by atoms with van der Waals surface area (Å²) in [5.41, 5.74) is 11.4. The summed E-state index contributed by atoms with van der Waals surface area (Å²) >= 11 is 0. The lowest BCUT2D eigenvalue weighted by atomic mass is 9.94. The van der Waals surface area contributed by atoms with Gasteiger partial charge in [0.1, 0.15) is 0 Å². The molecule has 0 unspecified atom stereocenters. The maximum absolute atomic E-state index is 2.50. The lowest BCUT2D eigenvalue weighted by molar-refractivity contribution is -0.645. The Morgan fingerprint density at radius 1 is 0.957 bits per heavy atom. The van der Waals surface area contributed by atoms with E-state index in [0.717, 1.165) is 6.54 Å². The Hall–Kier alpha value is -2.15. The molecule has 0 fully saturated rings. The molecule has 1 aromatic heterocycles. The van der Waals surface area contributed by atoms with Crippen LogP contribution in [0.2, 0.25) is 0 Å². The van der Waals surface area contributed by atoms with Gasteiger partial charge >= 0.3 is 0 Å². The van der Waals surface area contributed by atoms with Crippen molar-refractivity contribution in [2.24, 2.45) is 0 Å². The highest BCUT2D eigenvalue weighted by Gasteiger charge is 2.31. The van der Waals surface area contributed by atoms with E-state index in [4.69, 9.17) is 0 Å². The molecule has 0 spiro atoms. The number of hydrogen-bond donors (Lipinski definition) is 0. The van der Waals surface area contributed by atoms with Crippen molar-refractivity contribution in [3.8, 4) is 11.3 Å². The molecule has 0 saturated heterocycles. The van der Waals surface area contributed by atoms with Gasteiger partial charge in [-0.25, -0.2) is 0 Å². The summed E-state index contributed by atoms with van der Waals surface area (Å²) < 4.78 is 2.50. The monoisotopic (exact) mass is 302 g/mol. The summed E-state index contributed by atoms with van der Waals surface area (Å²) in [5.74, 6) is 0.548. The first-order valence-corrected chi connectivity index (χ1v) is 8.54. The Bertz CT molecular complexity index is 948. The van der Waals surface area contributed by atoms with E-state index in [-0.39, 0.29) is 0 Å². The second-order valence-electron chi connectivity index (χ2n) is 7.21. The third-order valence-electron chi connectivity index (χ3n) is 5.61. The molecular formula is C22H24N+. The zero-order valence-electron chi connectivity index (χ0n) is 14.7. The van der Waals surface area contributed by atoms with Gasteiger partial charge in [0, 0.05) is 23.1 Å². The zero-order chi connectivity index (χ0) is 16.3. The van der Waals surface area contributed by atoms with Crippen LogP contribution in [0.4, 0.5) is 0 Å². The van der Waals surface area contributed by atoms with Crippen LogP contribution in [0.3, 0.4) is 0 Å². The Morgan fingerprint density at radius 2 is 1.74 bits per heavy atom. The van der Waals surface area contributed by atoms with Gasteiger partial charge in [0.05, 0.1) is 5.56 Å². The van der Waals surface area contributed by atoms with E-state index in [1.165, 1.54) is 50.0 Å². The lowest BCUT2D eigenvalue weighted by Gasteiger charge is -2.09. The molecule has 0 bridgehead atoms. The molecule has 2 aromatic carbocycles. The van der Waals surface area contributed by atoms with Crippen LogP contribution in [0.25, 0.3) is 22.2 Å².